The summed E-state index contributed by atoms with van der Waals surface area (Å²) in [5.41, 5.74) is -0.756. The number of likely N-dealkylation sites (tertiary alicyclic amines) is 1. The third-order valence-electron chi connectivity index (χ3n) is 3.56. The van der Waals surface area contributed by atoms with E-state index in [0.717, 1.165) is 12.8 Å². The first-order valence-electron chi connectivity index (χ1n) is 7.47. The molecule has 1 N–H and O–H groups in total. The minimum atomic E-state index is -0.471. The number of rotatable bonds is 5. The van der Waals surface area contributed by atoms with Gasteiger partial charge in [0, 0.05) is 13.2 Å². The molecule has 0 aromatic heterocycles. The van der Waals surface area contributed by atoms with E-state index < -0.39 is 5.60 Å². The molecule has 0 aliphatic carbocycles. The summed E-state index contributed by atoms with van der Waals surface area (Å²) in [6.45, 7) is 11.2. The highest BCUT2D eigenvalue weighted by Crippen LogP contribution is 2.30. The van der Waals surface area contributed by atoms with Gasteiger partial charge in [0.15, 0.2) is 0 Å². The first kappa shape index (κ1) is 17.2. The fraction of sp³-hybridized carbons (Fsp3) is 0.933. The summed E-state index contributed by atoms with van der Waals surface area (Å²) >= 11 is 0. The van der Waals surface area contributed by atoms with Crippen molar-refractivity contribution in [3.8, 4) is 0 Å². The first-order chi connectivity index (χ1) is 9.17. The number of nitrogens with zero attached hydrogens (tertiary/aromatic N) is 1. The standard InChI is InChI=1S/C15H29NO4/c1-6-15(19-10-7-12(2)17)8-9-16(11-15)13(18)20-14(3,4)5/h12,17H,6-11H2,1-5H3. The van der Waals surface area contributed by atoms with E-state index in [9.17, 15) is 9.90 Å². The quantitative estimate of drug-likeness (QED) is 0.844. The highest BCUT2D eigenvalue weighted by Gasteiger charge is 2.40. The predicted octanol–water partition coefficient (Wildman–Crippen LogP) is 2.56. The Kier molecular flexibility index (Phi) is 5.83. The summed E-state index contributed by atoms with van der Waals surface area (Å²) in [4.78, 5) is 13.8. The second-order valence-corrected chi connectivity index (χ2v) is 6.67. The molecule has 2 atom stereocenters. The molecular weight excluding hydrogens is 258 g/mol. The smallest absolute Gasteiger partial charge is 0.410 e. The van der Waals surface area contributed by atoms with Crippen molar-refractivity contribution in [1.82, 2.24) is 4.90 Å². The highest BCUT2D eigenvalue weighted by molar-refractivity contribution is 5.68. The summed E-state index contributed by atoms with van der Waals surface area (Å²) in [7, 11) is 0. The monoisotopic (exact) mass is 287 g/mol. The minimum Gasteiger partial charge on any atom is -0.444 e. The van der Waals surface area contributed by atoms with Crippen molar-refractivity contribution in [2.24, 2.45) is 0 Å². The Morgan fingerprint density at radius 2 is 2.10 bits per heavy atom. The fourth-order valence-corrected chi connectivity index (χ4v) is 2.28. The van der Waals surface area contributed by atoms with Gasteiger partial charge in [0.05, 0.1) is 18.2 Å². The maximum Gasteiger partial charge on any atom is 0.410 e. The van der Waals surface area contributed by atoms with E-state index in [4.69, 9.17) is 9.47 Å². The third kappa shape index (κ3) is 5.29. The topological polar surface area (TPSA) is 59.0 Å². The van der Waals surface area contributed by atoms with Crippen LogP contribution in [0.3, 0.4) is 0 Å². The van der Waals surface area contributed by atoms with Crippen LogP contribution < -0.4 is 0 Å². The van der Waals surface area contributed by atoms with Gasteiger partial charge in [-0.25, -0.2) is 4.79 Å². The van der Waals surface area contributed by atoms with Crippen LogP contribution >= 0.6 is 0 Å². The van der Waals surface area contributed by atoms with Gasteiger partial charge in [-0.05, 0) is 47.0 Å². The van der Waals surface area contributed by atoms with Crippen LogP contribution in [0.5, 0.6) is 0 Å². The van der Waals surface area contributed by atoms with Gasteiger partial charge in [0.25, 0.3) is 0 Å². The van der Waals surface area contributed by atoms with Gasteiger partial charge in [-0.2, -0.15) is 0 Å². The van der Waals surface area contributed by atoms with E-state index in [2.05, 4.69) is 6.92 Å². The van der Waals surface area contributed by atoms with Crippen LogP contribution in [0.1, 0.15) is 53.9 Å². The van der Waals surface area contributed by atoms with Crippen molar-refractivity contribution < 1.29 is 19.4 Å². The molecule has 0 saturated carbocycles. The lowest BCUT2D eigenvalue weighted by atomic mass is 10.00. The van der Waals surface area contributed by atoms with E-state index >= 15 is 0 Å². The number of hydrogen-bond donors (Lipinski definition) is 1. The van der Waals surface area contributed by atoms with Crippen molar-refractivity contribution in [3.63, 3.8) is 0 Å². The molecule has 20 heavy (non-hydrogen) atoms. The Morgan fingerprint density at radius 3 is 2.60 bits per heavy atom. The number of aliphatic hydroxyl groups is 1. The Morgan fingerprint density at radius 1 is 1.45 bits per heavy atom. The lowest BCUT2D eigenvalue weighted by Gasteiger charge is -2.29. The second-order valence-electron chi connectivity index (χ2n) is 6.67. The number of amides is 1. The number of aliphatic hydroxyl groups excluding tert-OH is 1. The lowest BCUT2D eigenvalue weighted by Crippen LogP contribution is -2.40. The van der Waals surface area contributed by atoms with Crippen LogP contribution in [-0.4, -0.2) is 53.1 Å². The average Bonchev–Trinajstić information content (AvgIpc) is 2.71. The van der Waals surface area contributed by atoms with Gasteiger partial charge in [-0.15, -0.1) is 0 Å². The van der Waals surface area contributed by atoms with Crippen LogP contribution in [0.15, 0.2) is 0 Å². The molecule has 1 rings (SSSR count). The maximum absolute atomic E-state index is 12.1. The predicted molar refractivity (Wildman–Crippen MR) is 77.7 cm³/mol. The lowest BCUT2D eigenvalue weighted by molar-refractivity contribution is -0.0514. The highest BCUT2D eigenvalue weighted by atomic mass is 16.6. The van der Waals surface area contributed by atoms with Gasteiger partial charge in [0.1, 0.15) is 5.60 Å². The number of carbonyl (C=O) groups excluding carboxylic acids is 1. The van der Waals surface area contributed by atoms with Gasteiger partial charge < -0.3 is 19.5 Å². The Balaban J connectivity index is 2.51. The van der Waals surface area contributed by atoms with E-state index in [1.54, 1.807) is 11.8 Å². The van der Waals surface area contributed by atoms with Gasteiger partial charge in [0.2, 0.25) is 0 Å². The molecule has 0 aromatic rings. The maximum atomic E-state index is 12.1. The summed E-state index contributed by atoms with van der Waals surface area (Å²) < 4.78 is 11.3. The normalized spacial score (nSPS) is 24.8. The molecule has 0 radical (unpaired) electrons. The Hall–Kier alpha value is -0.810. The van der Waals surface area contributed by atoms with Gasteiger partial charge in [-0.3, -0.25) is 0 Å². The molecule has 1 saturated heterocycles. The van der Waals surface area contributed by atoms with E-state index in [0.29, 0.717) is 26.1 Å². The molecule has 2 unspecified atom stereocenters. The molecule has 1 aliphatic rings. The molecule has 1 heterocycles. The molecule has 1 aliphatic heterocycles. The van der Waals surface area contributed by atoms with Crippen LogP contribution in [0.4, 0.5) is 4.79 Å². The van der Waals surface area contributed by atoms with Crippen molar-refractivity contribution in [3.05, 3.63) is 0 Å². The number of hydrogen-bond acceptors (Lipinski definition) is 4. The molecule has 118 valence electrons. The Labute approximate surface area is 122 Å². The average molecular weight is 287 g/mol. The zero-order chi connectivity index (χ0) is 15.4. The van der Waals surface area contributed by atoms with E-state index in [1.807, 2.05) is 20.8 Å². The number of ether oxygens (including phenoxy) is 2. The summed E-state index contributed by atoms with van der Waals surface area (Å²) in [6, 6.07) is 0. The summed E-state index contributed by atoms with van der Waals surface area (Å²) in [6.07, 6.45) is 1.67. The third-order valence-corrected chi connectivity index (χ3v) is 3.56. The van der Waals surface area contributed by atoms with Crippen molar-refractivity contribution >= 4 is 6.09 Å². The SMILES string of the molecule is CCC1(OCCC(C)O)CCN(C(=O)OC(C)(C)C)C1. The fourth-order valence-electron chi connectivity index (χ4n) is 2.28. The second kappa shape index (κ2) is 6.76. The Bertz CT molecular complexity index is 324. The summed E-state index contributed by atoms with van der Waals surface area (Å²) in [5, 5.41) is 9.29. The molecule has 1 amide bonds. The number of carbonyl (C=O) groups is 1. The molecular formula is C15H29NO4. The van der Waals surface area contributed by atoms with E-state index in [1.165, 1.54) is 0 Å². The van der Waals surface area contributed by atoms with Crippen molar-refractivity contribution in [1.29, 1.82) is 0 Å². The van der Waals surface area contributed by atoms with Crippen LogP contribution in [0, 0.1) is 0 Å². The first-order valence-corrected chi connectivity index (χ1v) is 7.47. The molecule has 5 nitrogen and oxygen atoms in total. The van der Waals surface area contributed by atoms with Crippen molar-refractivity contribution in [2.75, 3.05) is 19.7 Å². The van der Waals surface area contributed by atoms with Crippen LogP contribution in [-0.2, 0) is 9.47 Å². The largest absolute Gasteiger partial charge is 0.444 e. The van der Waals surface area contributed by atoms with Gasteiger partial charge >= 0.3 is 6.09 Å². The molecule has 1 fully saturated rings. The molecule has 5 heteroatoms. The molecule has 0 aromatic carbocycles. The van der Waals surface area contributed by atoms with Crippen LogP contribution in [0.25, 0.3) is 0 Å². The zero-order valence-corrected chi connectivity index (χ0v) is 13.4. The molecule has 0 spiro atoms. The van der Waals surface area contributed by atoms with Gasteiger partial charge in [-0.1, -0.05) is 6.92 Å². The molecule has 0 bridgehead atoms. The zero-order valence-electron chi connectivity index (χ0n) is 13.4. The van der Waals surface area contributed by atoms with Crippen molar-refractivity contribution in [2.45, 2.75) is 71.2 Å². The summed E-state index contributed by atoms with van der Waals surface area (Å²) in [5.74, 6) is 0. The van der Waals surface area contributed by atoms with Crippen LogP contribution in [0.2, 0.25) is 0 Å². The van der Waals surface area contributed by atoms with E-state index in [-0.39, 0.29) is 17.8 Å². The minimum absolute atomic E-state index is 0.271.